The Kier molecular flexibility index (Phi) is 6.33. The quantitative estimate of drug-likeness (QED) is 0.788. The van der Waals surface area contributed by atoms with Gasteiger partial charge >= 0.3 is 0 Å². The van der Waals surface area contributed by atoms with Crippen molar-refractivity contribution in [3.63, 3.8) is 0 Å². The third kappa shape index (κ3) is 4.64. The average Bonchev–Trinajstić information content (AvgIpc) is 3.27. The molecule has 2 fully saturated rings. The van der Waals surface area contributed by atoms with Gasteiger partial charge in [0.2, 0.25) is 16.0 Å². The van der Waals surface area contributed by atoms with Crippen LogP contribution in [0.2, 0.25) is 0 Å². The van der Waals surface area contributed by atoms with Gasteiger partial charge < -0.3 is 5.73 Å². The van der Waals surface area contributed by atoms with Gasteiger partial charge in [0.1, 0.15) is 23.3 Å². The molecule has 29 heavy (non-hydrogen) atoms. The lowest BCUT2D eigenvalue weighted by Crippen LogP contribution is -2.39. The number of nitriles is 1. The fourth-order valence-corrected chi connectivity index (χ4v) is 4.81. The fourth-order valence-electron chi connectivity index (χ4n) is 3.92. The predicted octanol–water partition coefficient (Wildman–Crippen LogP) is 2.36. The number of nitrogens with zero attached hydrogens (tertiary/aromatic N) is 5. The molecule has 8 nitrogen and oxygen atoms in total. The lowest BCUT2D eigenvalue weighted by atomic mass is 10.0. The van der Waals surface area contributed by atoms with Crippen molar-refractivity contribution in [1.29, 1.82) is 5.26 Å². The molecule has 2 aromatic rings. The van der Waals surface area contributed by atoms with Crippen molar-refractivity contribution in [2.75, 3.05) is 25.1 Å². The van der Waals surface area contributed by atoms with E-state index in [9.17, 15) is 17.2 Å². The highest BCUT2D eigenvalue weighted by atomic mass is 32.2. The summed E-state index contributed by atoms with van der Waals surface area (Å²) in [6.07, 6.45) is 6.73. The Balaban J connectivity index is 0.000000188. The standard InChI is InChI=1S/C12H12FN5.C6H12FNO2S/c13-10-8(5-14)11(7-3-1-2-4-7)18-9(10)6-16-12(15)17-18;1-11(9,10)8-4-2-3-6(7)5-8/h6-7H,1-4H2,(H2,15,17);6H,2-5H2,1H3. The van der Waals surface area contributed by atoms with Gasteiger partial charge in [-0.1, -0.05) is 12.8 Å². The van der Waals surface area contributed by atoms with Gasteiger partial charge in [-0.2, -0.15) is 9.57 Å². The number of sulfonamides is 1. The first-order chi connectivity index (χ1) is 13.7. The molecule has 0 spiro atoms. The summed E-state index contributed by atoms with van der Waals surface area (Å²) in [7, 11) is -3.17. The number of hydrogen-bond acceptors (Lipinski definition) is 6. The zero-order valence-electron chi connectivity index (χ0n) is 16.2. The number of anilines is 1. The van der Waals surface area contributed by atoms with Gasteiger partial charge in [0.05, 0.1) is 18.1 Å². The van der Waals surface area contributed by atoms with E-state index in [4.69, 9.17) is 11.0 Å². The first kappa shape index (κ1) is 21.4. The summed E-state index contributed by atoms with van der Waals surface area (Å²) in [6.45, 7) is 0.512. The van der Waals surface area contributed by atoms with E-state index in [1.807, 2.05) is 6.07 Å². The van der Waals surface area contributed by atoms with Gasteiger partial charge in [0, 0.05) is 19.0 Å². The first-order valence-electron chi connectivity index (χ1n) is 9.54. The Morgan fingerprint density at radius 2 is 1.97 bits per heavy atom. The zero-order valence-corrected chi connectivity index (χ0v) is 17.0. The lowest BCUT2D eigenvalue weighted by Gasteiger charge is -2.26. The molecule has 1 aliphatic heterocycles. The Morgan fingerprint density at radius 1 is 1.28 bits per heavy atom. The number of fused-ring (bicyclic) bond motifs is 1. The molecule has 1 atom stereocenters. The summed E-state index contributed by atoms with van der Waals surface area (Å²) in [4.78, 5) is 3.78. The minimum absolute atomic E-state index is 0.0405. The highest BCUT2D eigenvalue weighted by Gasteiger charge is 2.28. The van der Waals surface area contributed by atoms with E-state index < -0.39 is 22.0 Å². The third-order valence-electron chi connectivity index (χ3n) is 5.33. The Hall–Kier alpha value is -2.32. The van der Waals surface area contributed by atoms with Crippen molar-refractivity contribution in [3.8, 4) is 6.07 Å². The molecule has 2 N–H and O–H groups in total. The van der Waals surface area contributed by atoms with E-state index in [1.54, 1.807) is 0 Å². The van der Waals surface area contributed by atoms with Gasteiger partial charge in [-0.25, -0.2) is 26.7 Å². The van der Waals surface area contributed by atoms with Crippen molar-refractivity contribution in [2.45, 2.75) is 50.6 Å². The second-order valence-corrected chi connectivity index (χ2v) is 9.42. The molecule has 2 aromatic heterocycles. The summed E-state index contributed by atoms with van der Waals surface area (Å²) in [5.41, 5.74) is 6.50. The number of halogens is 2. The number of hydrogen-bond donors (Lipinski definition) is 1. The minimum Gasteiger partial charge on any atom is -0.367 e. The van der Waals surface area contributed by atoms with Crippen molar-refractivity contribution in [1.82, 2.24) is 18.9 Å². The van der Waals surface area contributed by atoms with Gasteiger partial charge in [-0.05, 0) is 25.7 Å². The van der Waals surface area contributed by atoms with Crippen LogP contribution in [0.15, 0.2) is 6.20 Å². The maximum Gasteiger partial charge on any atom is 0.238 e. The van der Waals surface area contributed by atoms with Crippen molar-refractivity contribution >= 4 is 21.5 Å². The third-order valence-corrected chi connectivity index (χ3v) is 6.60. The molecule has 0 radical (unpaired) electrons. The SMILES string of the molecule is CS(=O)(=O)N1CCCC(F)C1.N#Cc1c(F)c2cnc(N)nn2c1C1CCCC1. The molecule has 1 aliphatic carbocycles. The number of nitrogens with two attached hydrogens (primary N) is 1. The fraction of sp³-hybridized carbons (Fsp3) is 0.611. The van der Waals surface area contributed by atoms with Crippen LogP contribution in [0.1, 0.15) is 55.7 Å². The molecule has 1 saturated heterocycles. The molecule has 0 bridgehead atoms. The number of alkyl halides is 1. The molecule has 11 heteroatoms. The summed E-state index contributed by atoms with van der Waals surface area (Å²) >= 11 is 0. The van der Waals surface area contributed by atoms with Crippen LogP contribution >= 0.6 is 0 Å². The van der Waals surface area contributed by atoms with Gasteiger partial charge in [-0.15, -0.1) is 5.10 Å². The van der Waals surface area contributed by atoms with Crippen LogP contribution in [0, 0.1) is 17.1 Å². The molecular weight excluding hydrogens is 402 g/mol. The molecule has 3 heterocycles. The Morgan fingerprint density at radius 3 is 2.52 bits per heavy atom. The molecule has 158 valence electrons. The monoisotopic (exact) mass is 426 g/mol. The van der Waals surface area contributed by atoms with Gasteiger partial charge in [-0.3, -0.25) is 0 Å². The maximum absolute atomic E-state index is 14.1. The lowest BCUT2D eigenvalue weighted by molar-refractivity contribution is 0.203. The molecule has 1 saturated carbocycles. The van der Waals surface area contributed by atoms with E-state index >= 15 is 0 Å². The molecule has 0 aromatic carbocycles. The van der Waals surface area contributed by atoms with E-state index in [0.717, 1.165) is 31.9 Å². The summed E-state index contributed by atoms with van der Waals surface area (Å²) in [5, 5.41) is 13.2. The molecule has 1 unspecified atom stereocenters. The van der Waals surface area contributed by atoms with E-state index in [1.165, 1.54) is 15.0 Å². The normalized spacial score (nSPS) is 21.0. The van der Waals surface area contributed by atoms with E-state index in [2.05, 4.69) is 10.1 Å². The van der Waals surface area contributed by atoms with E-state index in [-0.39, 0.29) is 29.5 Å². The topological polar surface area (TPSA) is 117 Å². The Bertz CT molecular complexity index is 1030. The van der Waals surface area contributed by atoms with Crippen LogP contribution in [-0.4, -0.2) is 52.8 Å². The van der Waals surface area contributed by atoms with Crippen molar-refractivity contribution in [3.05, 3.63) is 23.3 Å². The van der Waals surface area contributed by atoms with Crippen LogP contribution < -0.4 is 5.73 Å². The second-order valence-electron chi connectivity index (χ2n) is 7.44. The number of aromatic nitrogens is 3. The molecule has 2 aliphatic rings. The van der Waals surface area contributed by atoms with Gasteiger partial charge in [0.25, 0.3) is 0 Å². The second kappa shape index (κ2) is 8.59. The largest absolute Gasteiger partial charge is 0.367 e. The van der Waals surface area contributed by atoms with Gasteiger partial charge in [0.15, 0.2) is 5.82 Å². The highest BCUT2D eigenvalue weighted by Crippen LogP contribution is 2.37. The Labute approximate surface area is 168 Å². The summed E-state index contributed by atoms with van der Waals surface area (Å²) in [5.74, 6) is -0.272. The zero-order chi connectivity index (χ0) is 21.2. The van der Waals surface area contributed by atoms with Crippen LogP contribution in [0.25, 0.3) is 5.52 Å². The van der Waals surface area contributed by atoms with Crippen molar-refractivity contribution < 1.29 is 17.2 Å². The van der Waals surface area contributed by atoms with Crippen LogP contribution in [0.5, 0.6) is 0 Å². The number of rotatable bonds is 2. The maximum atomic E-state index is 14.1. The van der Waals surface area contributed by atoms with Crippen LogP contribution in [0.3, 0.4) is 0 Å². The van der Waals surface area contributed by atoms with E-state index in [0.29, 0.717) is 25.1 Å². The summed E-state index contributed by atoms with van der Waals surface area (Å²) < 4.78 is 51.2. The molecular formula is C18H24F2N6O2S. The highest BCUT2D eigenvalue weighted by molar-refractivity contribution is 7.88. The molecule has 0 amide bonds. The number of nitrogen functional groups attached to an aromatic ring is 1. The van der Waals surface area contributed by atoms with Crippen LogP contribution in [0.4, 0.5) is 14.7 Å². The predicted molar refractivity (Wildman–Crippen MR) is 104 cm³/mol. The van der Waals surface area contributed by atoms with Crippen molar-refractivity contribution in [2.24, 2.45) is 0 Å². The average molecular weight is 426 g/mol. The smallest absolute Gasteiger partial charge is 0.238 e. The van der Waals surface area contributed by atoms with Crippen LogP contribution in [-0.2, 0) is 10.0 Å². The number of piperidine rings is 1. The summed E-state index contributed by atoms with van der Waals surface area (Å²) in [6, 6.07) is 1.95. The first-order valence-corrected chi connectivity index (χ1v) is 11.4. The molecule has 4 rings (SSSR count). The minimum atomic E-state index is -3.17.